The fourth-order valence-corrected chi connectivity index (χ4v) is 1.71. The zero-order valence-corrected chi connectivity index (χ0v) is 12.9. The molecule has 0 aliphatic carbocycles. The van der Waals surface area contributed by atoms with Gasteiger partial charge in [-0.3, -0.25) is 0 Å². The fourth-order valence-electron chi connectivity index (χ4n) is 1.71. The van der Waals surface area contributed by atoms with E-state index in [0.29, 0.717) is 0 Å². The number of ether oxygens (including phenoxy) is 2. The summed E-state index contributed by atoms with van der Waals surface area (Å²) in [6.07, 6.45) is 0.852. The monoisotopic (exact) mass is 300 g/mol. The van der Waals surface area contributed by atoms with E-state index in [9.17, 15) is 14.0 Å². The van der Waals surface area contributed by atoms with Gasteiger partial charge < -0.3 is 19.4 Å². The predicted molar refractivity (Wildman–Crippen MR) is 74.6 cm³/mol. The lowest BCUT2D eigenvalue weighted by Crippen LogP contribution is -2.39. The van der Waals surface area contributed by atoms with Gasteiger partial charge in [-0.2, -0.15) is 4.39 Å². The number of halogens is 1. The van der Waals surface area contributed by atoms with Crippen LogP contribution >= 0.6 is 0 Å². The number of alkyl carbamates (subject to hydrolysis) is 1. The predicted octanol–water partition coefficient (Wildman–Crippen LogP) is 2.33. The van der Waals surface area contributed by atoms with Gasteiger partial charge >= 0.3 is 12.1 Å². The lowest BCUT2D eigenvalue weighted by Gasteiger charge is -2.22. The molecule has 6 nitrogen and oxygen atoms in total. The van der Waals surface area contributed by atoms with Crippen molar-refractivity contribution in [1.82, 2.24) is 9.88 Å². The Labute approximate surface area is 123 Å². The standard InChI is InChI=1S/C14H21FN2O4/c1-9(16-13(19)21-14(2,3)4)8-17-7-6-10(11(17)15)12(18)20-5/h6-7,9H,8H2,1-5H3,(H,16,19)/t9-/m0/s1. The molecule has 0 unspecified atom stereocenters. The van der Waals surface area contributed by atoms with Crippen LogP contribution in [0.25, 0.3) is 0 Å². The first-order valence-electron chi connectivity index (χ1n) is 6.56. The summed E-state index contributed by atoms with van der Waals surface area (Å²) in [5.41, 5.74) is -0.734. The highest BCUT2D eigenvalue weighted by Crippen LogP contribution is 2.12. The van der Waals surface area contributed by atoms with Gasteiger partial charge in [-0.25, -0.2) is 9.59 Å². The SMILES string of the molecule is COC(=O)c1ccn(C[C@H](C)NC(=O)OC(C)(C)C)c1F. The van der Waals surface area contributed by atoms with E-state index in [1.54, 1.807) is 27.7 Å². The van der Waals surface area contributed by atoms with Crippen molar-refractivity contribution in [3.05, 3.63) is 23.8 Å². The van der Waals surface area contributed by atoms with Gasteiger partial charge in [0.15, 0.2) is 0 Å². The maximum absolute atomic E-state index is 14.0. The quantitative estimate of drug-likeness (QED) is 0.866. The normalized spacial score (nSPS) is 12.7. The van der Waals surface area contributed by atoms with Gasteiger partial charge in [-0.15, -0.1) is 0 Å². The minimum Gasteiger partial charge on any atom is -0.465 e. The third-order valence-corrected chi connectivity index (χ3v) is 2.53. The first kappa shape index (κ1) is 17.0. The molecule has 0 fully saturated rings. The summed E-state index contributed by atoms with van der Waals surface area (Å²) < 4.78 is 24.8. The number of nitrogens with one attached hydrogen (secondary N) is 1. The average molecular weight is 300 g/mol. The lowest BCUT2D eigenvalue weighted by atomic mass is 10.2. The van der Waals surface area contributed by atoms with E-state index < -0.39 is 23.6 Å². The molecule has 0 radical (unpaired) electrons. The molecule has 0 spiro atoms. The molecule has 0 aromatic carbocycles. The Kier molecular flexibility index (Phi) is 5.34. The molecule has 1 aromatic rings. The number of aromatic nitrogens is 1. The molecule has 118 valence electrons. The van der Waals surface area contributed by atoms with E-state index in [1.165, 1.54) is 23.9 Å². The molecule has 1 heterocycles. The number of esters is 1. The maximum Gasteiger partial charge on any atom is 0.407 e. The van der Waals surface area contributed by atoms with Crippen molar-refractivity contribution in [1.29, 1.82) is 0 Å². The van der Waals surface area contributed by atoms with Crippen molar-refractivity contribution in [3.8, 4) is 0 Å². The van der Waals surface area contributed by atoms with Crippen LogP contribution in [0.4, 0.5) is 9.18 Å². The van der Waals surface area contributed by atoms with E-state index in [2.05, 4.69) is 10.1 Å². The number of hydrogen-bond donors (Lipinski definition) is 1. The van der Waals surface area contributed by atoms with Crippen molar-refractivity contribution in [2.75, 3.05) is 7.11 Å². The summed E-state index contributed by atoms with van der Waals surface area (Å²) in [7, 11) is 1.19. The number of amides is 1. The summed E-state index contributed by atoms with van der Waals surface area (Å²) in [5, 5.41) is 2.60. The van der Waals surface area contributed by atoms with Gasteiger partial charge in [-0.05, 0) is 33.8 Å². The van der Waals surface area contributed by atoms with Crippen LogP contribution in [0.15, 0.2) is 12.3 Å². The van der Waals surface area contributed by atoms with Crippen LogP contribution in [-0.4, -0.2) is 35.4 Å². The van der Waals surface area contributed by atoms with E-state index >= 15 is 0 Å². The number of rotatable bonds is 4. The summed E-state index contributed by atoms with van der Waals surface area (Å²) in [6.45, 7) is 7.14. The molecule has 1 aromatic heterocycles. The average Bonchev–Trinajstić information content (AvgIpc) is 2.67. The Hall–Kier alpha value is -2.05. The minimum absolute atomic E-state index is 0.137. The lowest BCUT2D eigenvalue weighted by molar-refractivity contribution is 0.0501. The largest absolute Gasteiger partial charge is 0.465 e. The Morgan fingerprint density at radius 1 is 1.43 bits per heavy atom. The van der Waals surface area contributed by atoms with Crippen molar-refractivity contribution in [2.45, 2.75) is 45.9 Å². The molecule has 1 atom stereocenters. The molecule has 0 saturated carbocycles. The van der Waals surface area contributed by atoms with Gasteiger partial charge in [0.25, 0.3) is 0 Å². The summed E-state index contributed by atoms with van der Waals surface area (Å²) in [6, 6.07) is 0.966. The highest BCUT2D eigenvalue weighted by Gasteiger charge is 2.20. The first-order valence-corrected chi connectivity index (χ1v) is 6.56. The van der Waals surface area contributed by atoms with Crippen LogP contribution in [-0.2, 0) is 16.0 Å². The van der Waals surface area contributed by atoms with E-state index in [4.69, 9.17) is 4.74 Å². The van der Waals surface area contributed by atoms with Gasteiger partial charge in [0, 0.05) is 18.8 Å². The zero-order valence-electron chi connectivity index (χ0n) is 12.9. The first-order chi connectivity index (χ1) is 9.64. The Morgan fingerprint density at radius 2 is 2.05 bits per heavy atom. The molecule has 0 saturated heterocycles. The smallest absolute Gasteiger partial charge is 0.407 e. The zero-order chi connectivity index (χ0) is 16.2. The topological polar surface area (TPSA) is 69.6 Å². The second-order valence-electron chi connectivity index (χ2n) is 5.71. The van der Waals surface area contributed by atoms with Gasteiger partial charge in [0.1, 0.15) is 11.2 Å². The highest BCUT2D eigenvalue weighted by molar-refractivity contribution is 5.89. The van der Waals surface area contributed by atoms with Crippen molar-refractivity contribution in [2.24, 2.45) is 0 Å². The Balaban J connectivity index is 2.63. The Morgan fingerprint density at radius 3 is 2.57 bits per heavy atom. The van der Waals surface area contributed by atoms with E-state index in [-0.39, 0.29) is 18.2 Å². The number of hydrogen-bond acceptors (Lipinski definition) is 4. The van der Waals surface area contributed by atoms with Crippen LogP contribution in [0.1, 0.15) is 38.1 Å². The van der Waals surface area contributed by atoms with Crippen LogP contribution in [0.2, 0.25) is 0 Å². The molecule has 0 aliphatic rings. The molecule has 1 rings (SSSR count). The van der Waals surface area contributed by atoms with Crippen LogP contribution in [0.5, 0.6) is 0 Å². The second kappa shape index (κ2) is 6.60. The van der Waals surface area contributed by atoms with Crippen LogP contribution in [0, 0.1) is 5.95 Å². The third-order valence-electron chi connectivity index (χ3n) is 2.53. The van der Waals surface area contributed by atoms with Crippen molar-refractivity contribution < 1.29 is 23.5 Å². The molecule has 0 bridgehead atoms. The molecule has 7 heteroatoms. The molecule has 1 N–H and O–H groups in total. The fraction of sp³-hybridized carbons (Fsp3) is 0.571. The number of carbonyl (C=O) groups is 2. The van der Waals surface area contributed by atoms with Gasteiger partial charge in [0.2, 0.25) is 5.95 Å². The van der Waals surface area contributed by atoms with E-state index in [0.717, 1.165) is 0 Å². The van der Waals surface area contributed by atoms with Crippen molar-refractivity contribution in [3.63, 3.8) is 0 Å². The molecule has 1 amide bonds. The highest BCUT2D eigenvalue weighted by atomic mass is 19.1. The number of methoxy groups -OCH3 is 1. The Bertz CT molecular complexity index is 520. The van der Waals surface area contributed by atoms with Gasteiger partial charge in [-0.1, -0.05) is 0 Å². The molecular weight excluding hydrogens is 279 g/mol. The van der Waals surface area contributed by atoms with E-state index in [1.807, 2.05) is 0 Å². The third kappa shape index (κ3) is 5.09. The van der Waals surface area contributed by atoms with Gasteiger partial charge in [0.05, 0.1) is 7.11 Å². The second-order valence-corrected chi connectivity index (χ2v) is 5.71. The summed E-state index contributed by atoms with van der Waals surface area (Å²) >= 11 is 0. The summed E-state index contributed by atoms with van der Waals surface area (Å²) in [4.78, 5) is 22.9. The number of nitrogens with zero attached hydrogens (tertiary/aromatic N) is 1. The number of carbonyl (C=O) groups excluding carboxylic acids is 2. The summed E-state index contributed by atoms with van der Waals surface area (Å²) in [5.74, 6) is -1.43. The van der Waals surface area contributed by atoms with Crippen LogP contribution < -0.4 is 5.32 Å². The molecule has 21 heavy (non-hydrogen) atoms. The minimum atomic E-state index is -0.737. The molecular formula is C14H21FN2O4. The van der Waals surface area contributed by atoms with Crippen LogP contribution in [0.3, 0.4) is 0 Å². The molecule has 0 aliphatic heterocycles. The maximum atomic E-state index is 14.0. The van der Waals surface area contributed by atoms with Crippen molar-refractivity contribution >= 4 is 12.1 Å².